The van der Waals surface area contributed by atoms with E-state index in [1.165, 1.54) is 4.90 Å². The Balaban J connectivity index is 1.35. The van der Waals surface area contributed by atoms with Crippen LogP contribution in [0.25, 0.3) is 0 Å². The second kappa shape index (κ2) is 9.52. The van der Waals surface area contributed by atoms with Gasteiger partial charge in [0.05, 0.1) is 23.9 Å². The lowest BCUT2D eigenvalue weighted by molar-refractivity contribution is -0.136. The van der Waals surface area contributed by atoms with Gasteiger partial charge in [0.15, 0.2) is 0 Å². The summed E-state index contributed by atoms with van der Waals surface area (Å²) < 4.78 is 51.4. The van der Waals surface area contributed by atoms with E-state index in [1.807, 2.05) is 4.90 Å². The van der Waals surface area contributed by atoms with Crippen LogP contribution in [0, 0.1) is 5.82 Å². The average Bonchev–Trinajstić information content (AvgIpc) is 3.23. The highest BCUT2D eigenvalue weighted by atomic mass is 19.1. The van der Waals surface area contributed by atoms with Crippen molar-refractivity contribution < 1.29 is 32.4 Å². The molecule has 0 bridgehead atoms. The van der Waals surface area contributed by atoms with Crippen LogP contribution in [-0.4, -0.2) is 59.9 Å². The first-order valence-corrected chi connectivity index (χ1v) is 11.2. The van der Waals surface area contributed by atoms with E-state index in [2.05, 4.69) is 5.32 Å². The van der Waals surface area contributed by atoms with Crippen LogP contribution in [0.5, 0.6) is 5.75 Å². The van der Waals surface area contributed by atoms with Crippen LogP contribution >= 0.6 is 0 Å². The van der Waals surface area contributed by atoms with Crippen LogP contribution in [-0.2, 0) is 34.0 Å². The van der Waals surface area contributed by atoms with E-state index in [9.17, 15) is 14.4 Å². The number of amides is 3. The smallest absolute Gasteiger partial charge is 0.255 e. The molecule has 3 aliphatic rings. The fourth-order valence-corrected chi connectivity index (χ4v) is 4.45. The molecular weight excluding hydrogens is 441 g/mol. The molecule has 0 radical (unpaired) electrons. The lowest BCUT2D eigenvalue weighted by Gasteiger charge is -2.29. The zero-order valence-corrected chi connectivity index (χ0v) is 18.5. The summed E-state index contributed by atoms with van der Waals surface area (Å²) in [4.78, 5) is 40.2. The molecule has 8 nitrogen and oxygen atoms in total. The summed E-state index contributed by atoms with van der Waals surface area (Å²) in [7, 11) is 0. The van der Waals surface area contributed by atoms with E-state index < -0.39 is 30.4 Å². The molecule has 1 N–H and O–H groups in total. The lowest BCUT2D eigenvalue weighted by atomic mass is 10.0. The summed E-state index contributed by atoms with van der Waals surface area (Å²) in [5, 5.41) is 2.26. The number of halogens is 1. The van der Waals surface area contributed by atoms with Crippen molar-refractivity contribution in [1.29, 1.82) is 0 Å². The van der Waals surface area contributed by atoms with Crippen molar-refractivity contribution in [3.63, 3.8) is 0 Å². The molecule has 9 heteroatoms. The van der Waals surface area contributed by atoms with E-state index in [0.717, 1.165) is 0 Å². The molecule has 0 aliphatic carbocycles. The predicted molar refractivity (Wildman–Crippen MR) is 119 cm³/mol. The summed E-state index contributed by atoms with van der Waals surface area (Å²) in [5.74, 6) is -1.88. The predicted octanol–water partition coefficient (Wildman–Crippen LogP) is 2.00. The molecule has 1 atom stereocenters. The number of hydrogen-bond donors (Lipinski definition) is 1. The Morgan fingerprint density at radius 1 is 1.21 bits per heavy atom. The minimum Gasteiger partial charge on any atom is -0.488 e. The van der Waals surface area contributed by atoms with Crippen molar-refractivity contribution in [3.8, 4) is 5.75 Å². The number of carbonyl (C=O) groups excluding carboxylic acids is 3. The van der Waals surface area contributed by atoms with E-state index in [-0.39, 0.29) is 66.7 Å². The maximum atomic E-state index is 15.2. The van der Waals surface area contributed by atoms with Crippen molar-refractivity contribution in [2.45, 2.75) is 38.6 Å². The van der Waals surface area contributed by atoms with Crippen LogP contribution in [0.2, 0.25) is 0 Å². The van der Waals surface area contributed by atoms with E-state index >= 15 is 4.39 Å². The van der Waals surface area contributed by atoms with Gasteiger partial charge in [-0.05, 0) is 30.2 Å². The van der Waals surface area contributed by atoms with Gasteiger partial charge in [0.1, 0.15) is 24.2 Å². The SMILES string of the molecule is [2H]c1c([2H])c(COc2cccc3c2CN(C2CCC(=O)NC2=O)C3=O)c(F)c([2H])c1CN1CCOCC1. The molecule has 34 heavy (non-hydrogen) atoms. The summed E-state index contributed by atoms with van der Waals surface area (Å²) in [6, 6.07) is 3.06. The number of hydrogen-bond acceptors (Lipinski definition) is 6. The number of ether oxygens (including phenoxy) is 2. The van der Waals surface area contributed by atoms with Gasteiger partial charge < -0.3 is 14.4 Å². The maximum Gasteiger partial charge on any atom is 0.255 e. The zero-order valence-electron chi connectivity index (χ0n) is 21.5. The van der Waals surface area contributed by atoms with Crippen molar-refractivity contribution in [2.75, 3.05) is 26.3 Å². The van der Waals surface area contributed by atoms with Crippen molar-refractivity contribution in [3.05, 3.63) is 64.4 Å². The number of benzene rings is 2. The summed E-state index contributed by atoms with van der Waals surface area (Å²) >= 11 is 0. The van der Waals surface area contributed by atoms with Gasteiger partial charge in [-0.2, -0.15) is 0 Å². The third kappa shape index (κ3) is 4.53. The Bertz CT molecular complexity index is 1260. The summed E-state index contributed by atoms with van der Waals surface area (Å²) in [6.07, 6.45) is 0.362. The molecular formula is C25H26FN3O5. The minimum atomic E-state index is -0.905. The molecule has 2 fully saturated rings. The number of carbonyl (C=O) groups is 3. The number of morpholine rings is 1. The molecule has 0 aromatic heterocycles. The van der Waals surface area contributed by atoms with Gasteiger partial charge in [-0.3, -0.25) is 24.6 Å². The van der Waals surface area contributed by atoms with Gasteiger partial charge in [0, 0.05) is 42.7 Å². The molecule has 2 aromatic carbocycles. The summed E-state index contributed by atoms with van der Waals surface area (Å²) in [5.41, 5.74) is 0.811. The third-order valence-electron chi connectivity index (χ3n) is 6.29. The molecule has 1 unspecified atom stereocenters. The van der Waals surface area contributed by atoms with Gasteiger partial charge in [0.2, 0.25) is 11.8 Å². The van der Waals surface area contributed by atoms with Crippen LogP contribution < -0.4 is 10.1 Å². The van der Waals surface area contributed by atoms with E-state index in [4.69, 9.17) is 13.6 Å². The van der Waals surface area contributed by atoms with Gasteiger partial charge in [0.25, 0.3) is 5.91 Å². The highest BCUT2D eigenvalue weighted by Crippen LogP contribution is 2.34. The standard InChI is InChI=1S/C25H26FN3O5/c26-20-12-16(13-28-8-10-33-11-9-28)4-5-17(20)15-34-22-3-1-2-18-19(22)14-29(25(18)32)21-6-7-23(30)27-24(21)31/h1-5,12,21H,6-11,13-15H2,(H,27,30,31)/i4D,5D,12D. The first-order valence-electron chi connectivity index (χ1n) is 12.7. The van der Waals surface area contributed by atoms with Crippen LogP contribution in [0.15, 0.2) is 36.3 Å². The van der Waals surface area contributed by atoms with E-state index in [0.29, 0.717) is 37.4 Å². The van der Waals surface area contributed by atoms with Crippen LogP contribution in [0.3, 0.4) is 0 Å². The Hall–Kier alpha value is -3.30. The fourth-order valence-electron chi connectivity index (χ4n) is 4.45. The minimum absolute atomic E-state index is 0.0821. The number of imide groups is 1. The number of nitrogens with zero attached hydrogens (tertiary/aromatic N) is 2. The normalized spacial score (nSPS) is 22.1. The maximum absolute atomic E-state index is 15.2. The second-order valence-electron chi connectivity index (χ2n) is 8.51. The Morgan fingerprint density at radius 3 is 2.82 bits per heavy atom. The number of fused-ring (bicyclic) bond motifs is 1. The van der Waals surface area contributed by atoms with Gasteiger partial charge in [-0.1, -0.05) is 18.2 Å². The van der Waals surface area contributed by atoms with Gasteiger partial charge >= 0.3 is 0 Å². The van der Waals surface area contributed by atoms with Crippen LogP contribution in [0.4, 0.5) is 4.39 Å². The highest BCUT2D eigenvalue weighted by Gasteiger charge is 2.40. The number of rotatable bonds is 6. The molecule has 3 heterocycles. The van der Waals surface area contributed by atoms with E-state index in [1.54, 1.807) is 18.2 Å². The molecule has 3 amide bonds. The molecule has 2 saturated heterocycles. The monoisotopic (exact) mass is 470 g/mol. The summed E-state index contributed by atoms with van der Waals surface area (Å²) in [6.45, 7) is 2.12. The Kier molecular flexibility index (Phi) is 5.33. The Labute approximate surface area is 200 Å². The van der Waals surface area contributed by atoms with Crippen LogP contribution in [0.1, 0.15) is 44.0 Å². The molecule has 0 spiro atoms. The topological polar surface area (TPSA) is 88.2 Å². The van der Waals surface area contributed by atoms with Crippen molar-refractivity contribution >= 4 is 17.7 Å². The second-order valence-corrected chi connectivity index (χ2v) is 8.51. The fraction of sp³-hybridized carbons (Fsp3) is 0.400. The first kappa shape index (κ1) is 19.1. The molecule has 178 valence electrons. The molecule has 0 saturated carbocycles. The largest absolute Gasteiger partial charge is 0.488 e. The zero-order chi connectivity index (χ0) is 26.3. The molecule has 5 rings (SSSR count). The Morgan fingerprint density at radius 2 is 2.03 bits per heavy atom. The highest BCUT2D eigenvalue weighted by molar-refractivity contribution is 6.05. The number of piperidine rings is 1. The number of nitrogens with one attached hydrogen (secondary N) is 1. The third-order valence-corrected chi connectivity index (χ3v) is 6.29. The molecule has 3 aliphatic heterocycles. The average molecular weight is 471 g/mol. The van der Waals surface area contributed by atoms with Gasteiger partial charge in [-0.25, -0.2) is 4.39 Å². The lowest BCUT2D eigenvalue weighted by Crippen LogP contribution is -2.52. The first-order chi connectivity index (χ1) is 17.8. The quantitative estimate of drug-likeness (QED) is 0.650. The van der Waals surface area contributed by atoms with Gasteiger partial charge in [-0.15, -0.1) is 0 Å². The van der Waals surface area contributed by atoms with Crippen molar-refractivity contribution in [2.24, 2.45) is 0 Å². The molecule has 2 aromatic rings. The van der Waals surface area contributed by atoms with Crippen molar-refractivity contribution in [1.82, 2.24) is 15.1 Å².